The van der Waals surface area contributed by atoms with Crippen LogP contribution in [-0.4, -0.2) is 0 Å². The van der Waals surface area contributed by atoms with Crippen LogP contribution in [-0.2, 0) is 17.3 Å². The summed E-state index contributed by atoms with van der Waals surface area (Å²) in [6.07, 6.45) is 2.56. The van der Waals surface area contributed by atoms with Crippen LogP contribution < -0.4 is 0 Å². The van der Waals surface area contributed by atoms with E-state index in [0.29, 0.717) is 5.41 Å². The Labute approximate surface area is 100 Å². The molecule has 0 saturated carbocycles. The zero-order valence-corrected chi connectivity index (χ0v) is 11.6. The van der Waals surface area contributed by atoms with Gasteiger partial charge in [0.15, 0.2) is 0 Å². The molecule has 0 heterocycles. The summed E-state index contributed by atoms with van der Waals surface area (Å²) >= 11 is 0. The molecular formula is C16H24. The molecule has 0 atom stereocenters. The van der Waals surface area contributed by atoms with Gasteiger partial charge in [-0.1, -0.05) is 46.8 Å². The van der Waals surface area contributed by atoms with Crippen molar-refractivity contribution in [2.24, 2.45) is 0 Å². The molecule has 0 amide bonds. The van der Waals surface area contributed by atoms with Crippen molar-refractivity contribution in [2.75, 3.05) is 0 Å². The average molecular weight is 216 g/mol. The fraction of sp³-hybridized carbons (Fsp3) is 0.625. The summed E-state index contributed by atoms with van der Waals surface area (Å²) < 4.78 is 0. The van der Waals surface area contributed by atoms with Gasteiger partial charge in [-0.15, -0.1) is 0 Å². The minimum Gasteiger partial charge on any atom is -0.0561 e. The Bertz CT molecular complexity index is 416. The molecule has 0 saturated heterocycles. The maximum atomic E-state index is 2.46. The van der Waals surface area contributed by atoms with Crippen molar-refractivity contribution in [3.05, 3.63) is 34.4 Å². The van der Waals surface area contributed by atoms with Gasteiger partial charge in [0.25, 0.3) is 0 Å². The van der Waals surface area contributed by atoms with Gasteiger partial charge in [-0.05, 0) is 52.8 Å². The summed E-state index contributed by atoms with van der Waals surface area (Å²) in [5.41, 5.74) is 6.80. The van der Waals surface area contributed by atoms with Gasteiger partial charge in [0.05, 0.1) is 0 Å². The molecule has 0 spiro atoms. The van der Waals surface area contributed by atoms with Gasteiger partial charge in [-0.2, -0.15) is 0 Å². The monoisotopic (exact) mass is 216 g/mol. The van der Waals surface area contributed by atoms with Crippen molar-refractivity contribution in [3.8, 4) is 0 Å². The molecule has 0 N–H and O–H groups in total. The second-order valence-electron chi connectivity index (χ2n) is 6.96. The Hall–Kier alpha value is -0.780. The molecule has 2 rings (SSSR count). The molecule has 1 aromatic rings. The molecule has 1 aromatic carbocycles. The highest BCUT2D eigenvalue weighted by Crippen LogP contribution is 2.41. The van der Waals surface area contributed by atoms with Crippen LogP contribution in [0, 0.1) is 6.92 Å². The van der Waals surface area contributed by atoms with Gasteiger partial charge in [0.1, 0.15) is 0 Å². The zero-order valence-electron chi connectivity index (χ0n) is 11.6. The zero-order chi connectivity index (χ0) is 12.1. The van der Waals surface area contributed by atoms with Gasteiger partial charge in [-0.3, -0.25) is 0 Å². The normalized spacial score (nSPS) is 18.6. The van der Waals surface area contributed by atoms with Crippen LogP contribution in [0.3, 0.4) is 0 Å². The summed E-state index contributed by atoms with van der Waals surface area (Å²) in [7, 11) is 0. The minimum atomic E-state index is 0.270. The van der Waals surface area contributed by atoms with E-state index in [9.17, 15) is 0 Å². The van der Waals surface area contributed by atoms with Gasteiger partial charge < -0.3 is 0 Å². The van der Waals surface area contributed by atoms with E-state index >= 15 is 0 Å². The lowest BCUT2D eigenvalue weighted by Crippen LogP contribution is -2.16. The Morgan fingerprint density at radius 1 is 1.12 bits per heavy atom. The molecule has 0 radical (unpaired) electrons. The van der Waals surface area contributed by atoms with E-state index in [2.05, 4.69) is 53.7 Å². The number of aryl methyl sites for hydroxylation is 2. The molecule has 0 unspecified atom stereocenters. The van der Waals surface area contributed by atoms with Crippen LogP contribution in [0.5, 0.6) is 0 Å². The Morgan fingerprint density at radius 2 is 1.75 bits per heavy atom. The number of benzene rings is 1. The molecule has 88 valence electrons. The highest BCUT2D eigenvalue weighted by Gasteiger charge is 2.31. The van der Waals surface area contributed by atoms with Crippen LogP contribution in [0.2, 0.25) is 0 Å². The van der Waals surface area contributed by atoms with E-state index in [1.807, 2.05) is 0 Å². The SMILES string of the molecule is Cc1cc2c(cc1C(C)(C)C)CCC2(C)C. The second-order valence-corrected chi connectivity index (χ2v) is 6.96. The van der Waals surface area contributed by atoms with E-state index in [0.717, 1.165) is 0 Å². The number of rotatable bonds is 0. The molecular weight excluding hydrogens is 192 g/mol. The van der Waals surface area contributed by atoms with Crippen molar-refractivity contribution in [2.45, 2.75) is 65.2 Å². The summed E-state index contributed by atoms with van der Waals surface area (Å²) in [5, 5.41) is 0. The van der Waals surface area contributed by atoms with E-state index in [4.69, 9.17) is 0 Å². The van der Waals surface area contributed by atoms with Crippen LogP contribution in [0.4, 0.5) is 0 Å². The summed E-state index contributed by atoms with van der Waals surface area (Å²) in [6, 6.07) is 4.89. The lowest BCUT2D eigenvalue weighted by molar-refractivity contribution is 0.522. The van der Waals surface area contributed by atoms with Gasteiger partial charge in [0, 0.05) is 0 Å². The lowest BCUT2D eigenvalue weighted by atomic mass is 9.80. The van der Waals surface area contributed by atoms with Crippen LogP contribution >= 0.6 is 0 Å². The first-order valence-corrected chi connectivity index (χ1v) is 6.36. The predicted octanol–water partition coefficient (Wildman–Crippen LogP) is 4.52. The Morgan fingerprint density at radius 3 is 2.31 bits per heavy atom. The number of hydrogen-bond donors (Lipinski definition) is 0. The third kappa shape index (κ3) is 1.79. The largest absolute Gasteiger partial charge is 0.0561 e. The maximum absolute atomic E-state index is 2.46. The number of hydrogen-bond acceptors (Lipinski definition) is 0. The molecule has 1 aliphatic carbocycles. The molecule has 16 heavy (non-hydrogen) atoms. The van der Waals surface area contributed by atoms with E-state index in [1.54, 1.807) is 11.1 Å². The highest BCUT2D eigenvalue weighted by molar-refractivity contribution is 5.46. The average Bonchev–Trinajstić information content (AvgIpc) is 2.40. The molecule has 1 aliphatic rings. The van der Waals surface area contributed by atoms with Crippen molar-refractivity contribution in [1.82, 2.24) is 0 Å². The minimum absolute atomic E-state index is 0.270. The van der Waals surface area contributed by atoms with Gasteiger partial charge in [-0.25, -0.2) is 0 Å². The van der Waals surface area contributed by atoms with Crippen molar-refractivity contribution >= 4 is 0 Å². The predicted molar refractivity (Wildman–Crippen MR) is 71.2 cm³/mol. The first-order chi connectivity index (χ1) is 7.22. The van der Waals surface area contributed by atoms with Gasteiger partial charge >= 0.3 is 0 Å². The fourth-order valence-corrected chi connectivity index (χ4v) is 2.98. The number of fused-ring (bicyclic) bond motifs is 1. The fourth-order valence-electron chi connectivity index (χ4n) is 2.98. The first kappa shape index (κ1) is 11.7. The van der Waals surface area contributed by atoms with Crippen molar-refractivity contribution in [3.63, 3.8) is 0 Å². The van der Waals surface area contributed by atoms with Crippen molar-refractivity contribution < 1.29 is 0 Å². The topological polar surface area (TPSA) is 0 Å². The molecule has 0 heteroatoms. The lowest BCUT2D eigenvalue weighted by Gasteiger charge is -2.25. The Kier molecular flexibility index (Phi) is 2.45. The van der Waals surface area contributed by atoms with Crippen molar-refractivity contribution in [1.29, 1.82) is 0 Å². The summed E-state index contributed by atoms with van der Waals surface area (Å²) in [4.78, 5) is 0. The molecule has 0 bridgehead atoms. The standard InChI is InChI=1S/C16H24/c1-11-9-14-12(7-8-16(14,5)6)10-13(11)15(2,3)4/h9-10H,7-8H2,1-6H3. The van der Waals surface area contributed by atoms with Crippen LogP contribution in [0.1, 0.15) is 63.3 Å². The second kappa shape index (κ2) is 3.35. The quantitative estimate of drug-likeness (QED) is 0.598. The summed E-state index contributed by atoms with van der Waals surface area (Å²) in [6.45, 7) is 13.9. The maximum Gasteiger partial charge on any atom is -0.00976 e. The molecule has 0 aliphatic heterocycles. The molecule has 0 aromatic heterocycles. The van der Waals surface area contributed by atoms with Crippen LogP contribution in [0.15, 0.2) is 12.1 Å². The third-order valence-corrected chi connectivity index (χ3v) is 4.01. The highest BCUT2D eigenvalue weighted by atomic mass is 14.4. The third-order valence-electron chi connectivity index (χ3n) is 4.01. The molecule has 0 fully saturated rings. The smallest absolute Gasteiger partial charge is 0.00976 e. The first-order valence-electron chi connectivity index (χ1n) is 6.36. The van der Waals surface area contributed by atoms with E-state index < -0.39 is 0 Å². The summed E-state index contributed by atoms with van der Waals surface area (Å²) in [5.74, 6) is 0. The van der Waals surface area contributed by atoms with Gasteiger partial charge in [0.2, 0.25) is 0 Å². The Balaban J connectivity index is 2.58. The molecule has 0 nitrogen and oxygen atoms in total. The van der Waals surface area contributed by atoms with E-state index in [-0.39, 0.29) is 5.41 Å². The van der Waals surface area contributed by atoms with E-state index in [1.165, 1.54) is 24.0 Å². The van der Waals surface area contributed by atoms with Crippen LogP contribution in [0.25, 0.3) is 0 Å².